The molecule has 5 heteroatoms. The minimum atomic E-state index is -0.568. The highest BCUT2D eigenvalue weighted by Gasteiger charge is 2.14. The second kappa shape index (κ2) is 5.23. The lowest BCUT2D eigenvalue weighted by Crippen LogP contribution is -2.10. The minimum Gasteiger partial charge on any atom is -0.496 e. The quantitative estimate of drug-likeness (QED) is 0.857. The van der Waals surface area contributed by atoms with E-state index < -0.39 is 5.82 Å². The summed E-state index contributed by atoms with van der Waals surface area (Å²) in [6.45, 7) is 0.205. The van der Waals surface area contributed by atoms with Crippen molar-refractivity contribution in [2.75, 3.05) is 13.7 Å². The molecule has 0 amide bonds. The van der Waals surface area contributed by atoms with E-state index >= 15 is 0 Å². The van der Waals surface area contributed by atoms with Crippen LogP contribution in [0.4, 0.5) is 4.39 Å². The maximum Gasteiger partial charge on any atom is 0.167 e. The first kappa shape index (κ1) is 12.1. The van der Waals surface area contributed by atoms with Crippen LogP contribution < -0.4 is 10.5 Å². The minimum absolute atomic E-state index is 0.0144. The number of methoxy groups -OCH3 is 1. The molecule has 2 N–H and O–H groups in total. The van der Waals surface area contributed by atoms with Gasteiger partial charge in [-0.25, -0.2) is 4.39 Å². The predicted octanol–water partition coefficient (Wildman–Crippen LogP) is 2.13. The molecule has 1 aromatic carbocycles. The first-order chi connectivity index (χ1) is 7.10. The van der Waals surface area contributed by atoms with Crippen molar-refractivity contribution in [3.05, 3.63) is 28.0 Å². The summed E-state index contributed by atoms with van der Waals surface area (Å²) in [6, 6.07) is 2.58. The molecular weight excluding hydrogens is 265 g/mol. The van der Waals surface area contributed by atoms with Crippen LogP contribution in [0.3, 0.4) is 0 Å². The summed E-state index contributed by atoms with van der Waals surface area (Å²) in [5.74, 6) is -0.460. The average molecular weight is 276 g/mol. The molecule has 0 fully saturated rings. The Hall–Kier alpha value is -0.940. The predicted molar refractivity (Wildman–Crippen MR) is 58.7 cm³/mol. The fraction of sp³-hybridized carbons (Fsp3) is 0.300. The Kier molecular flexibility index (Phi) is 4.23. The largest absolute Gasteiger partial charge is 0.496 e. The number of benzene rings is 1. The Bertz CT molecular complexity index is 382. The molecule has 0 aromatic heterocycles. The third-order valence-electron chi connectivity index (χ3n) is 1.91. The Morgan fingerprint density at radius 1 is 1.60 bits per heavy atom. The summed E-state index contributed by atoms with van der Waals surface area (Å²) in [7, 11) is 1.45. The molecule has 0 atom stereocenters. The fourth-order valence-electron chi connectivity index (χ4n) is 1.16. The number of rotatable bonds is 4. The Morgan fingerprint density at radius 3 is 2.80 bits per heavy atom. The number of hydrogen-bond acceptors (Lipinski definition) is 3. The van der Waals surface area contributed by atoms with E-state index in [1.54, 1.807) is 0 Å². The zero-order chi connectivity index (χ0) is 11.4. The van der Waals surface area contributed by atoms with Crippen molar-refractivity contribution in [3.8, 4) is 5.75 Å². The lowest BCUT2D eigenvalue weighted by molar-refractivity contribution is 0.0981. The van der Waals surface area contributed by atoms with Crippen molar-refractivity contribution in [1.29, 1.82) is 0 Å². The number of Topliss-reactive ketones (excluding diaryl/α,β-unsaturated/α-hetero) is 1. The van der Waals surface area contributed by atoms with Gasteiger partial charge in [0.2, 0.25) is 0 Å². The number of carbonyl (C=O) groups excluding carboxylic acids is 1. The maximum atomic E-state index is 13.4. The summed E-state index contributed by atoms with van der Waals surface area (Å²) >= 11 is 3.13. The Morgan fingerprint density at radius 2 is 2.27 bits per heavy atom. The molecule has 0 saturated heterocycles. The van der Waals surface area contributed by atoms with E-state index in [9.17, 15) is 9.18 Å². The molecule has 0 aliphatic carbocycles. The van der Waals surface area contributed by atoms with E-state index in [0.717, 1.165) is 0 Å². The topological polar surface area (TPSA) is 52.3 Å². The van der Waals surface area contributed by atoms with E-state index in [4.69, 9.17) is 10.5 Å². The molecule has 1 aromatic rings. The van der Waals surface area contributed by atoms with Crippen molar-refractivity contribution in [3.63, 3.8) is 0 Å². The highest BCUT2D eigenvalue weighted by molar-refractivity contribution is 9.10. The molecule has 15 heavy (non-hydrogen) atoms. The summed E-state index contributed by atoms with van der Waals surface area (Å²) in [5.41, 5.74) is 5.25. The third-order valence-corrected chi connectivity index (χ3v) is 2.53. The molecule has 0 unspecified atom stereocenters. The zero-order valence-corrected chi connectivity index (χ0v) is 9.80. The van der Waals surface area contributed by atoms with Crippen LogP contribution in [-0.4, -0.2) is 19.4 Å². The average Bonchev–Trinajstić information content (AvgIpc) is 2.18. The van der Waals surface area contributed by atoms with Crippen LogP contribution in [0.2, 0.25) is 0 Å². The second-order valence-corrected chi connectivity index (χ2v) is 3.78. The maximum absolute atomic E-state index is 13.4. The van der Waals surface area contributed by atoms with E-state index in [-0.39, 0.29) is 24.3 Å². The number of ether oxygens (including phenoxy) is 1. The smallest absolute Gasteiger partial charge is 0.167 e. The molecule has 82 valence electrons. The molecule has 0 saturated carbocycles. The third kappa shape index (κ3) is 2.76. The van der Waals surface area contributed by atoms with Crippen LogP contribution in [0.5, 0.6) is 5.75 Å². The van der Waals surface area contributed by atoms with E-state index in [2.05, 4.69) is 15.9 Å². The molecule has 1 rings (SSSR count). The van der Waals surface area contributed by atoms with Crippen molar-refractivity contribution < 1.29 is 13.9 Å². The number of halogens is 2. The van der Waals surface area contributed by atoms with Gasteiger partial charge in [0.1, 0.15) is 11.6 Å². The van der Waals surface area contributed by atoms with Crippen molar-refractivity contribution in [1.82, 2.24) is 0 Å². The first-order valence-electron chi connectivity index (χ1n) is 4.36. The van der Waals surface area contributed by atoms with Crippen LogP contribution >= 0.6 is 15.9 Å². The number of ketones is 1. The second-order valence-electron chi connectivity index (χ2n) is 2.93. The highest BCUT2D eigenvalue weighted by Crippen LogP contribution is 2.28. The molecule has 0 heterocycles. The molecule has 0 aliphatic heterocycles. The monoisotopic (exact) mass is 275 g/mol. The van der Waals surface area contributed by atoms with Gasteiger partial charge in [0.15, 0.2) is 5.78 Å². The van der Waals surface area contributed by atoms with Gasteiger partial charge in [-0.1, -0.05) is 0 Å². The summed E-state index contributed by atoms with van der Waals surface area (Å²) in [5, 5.41) is 0. The number of carbonyl (C=O) groups is 1. The van der Waals surface area contributed by atoms with Gasteiger partial charge in [0, 0.05) is 6.42 Å². The summed E-state index contributed by atoms with van der Waals surface area (Å²) in [6.07, 6.45) is 0.127. The van der Waals surface area contributed by atoms with Gasteiger partial charge < -0.3 is 10.5 Å². The van der Waals surface area contributed by atoms with Gasteiger partial charge in [-0.3, -0.25) is 4.79 Å². The zero-order valence-electron chi connectivity index (χ0n) is 8.22. The Balaban J connectivity index is 3.12. The number of hydrogen-bond donors (Lipinski definition) is 1. The van der Waals surface area contributed by atoms with Gasteiger partial charge in [-0.2, -0.15) is 0 Å². The van der Waals surface area contributed by atoms with Gasteiger partial charge in [0.05, 0.1) is 17.1 Å². The summed E-state index contributed by atoms with van der Waals surface area (Å²) < 4.78 is 18.8. The van der Waals surface area contributed by atoms with Crippen LogP contribution in [-0.2, 0) is 0 Å². The molecule has 0 bridgehead atoms. The highest BCUT2D eigenvalue weighted by atomic mass is 79.9. The molecule has 3 nitrogen and oxygen atoms in total. The van der Waals surface area contributed by atoms with Crippen LogP contribution in [0.25, 0.3) is 0 Å². The fourth-order valence-corrected chi connectivity index (χ4v) is 1.64. The van der Waals surface area contributed by atoms with Gasteiger partial charge in [0.25, 0.3) is 0 Å². The van der Waals surface area contributed by atoms with Crippen LogP contribution in [0.1, 0.15) is 16.8 Å². The standard InChI is InChI=1S/C10H11BrFNO2/c1-15-10-4-6(9(14)2-3-13)8(12)5-7(10)11/h4-5H,2-3,13H2,1H3. The van der Waals surface area contributed by atoms with Crippen molar-refractivity contribution in [2.24, 2.45) is 5.73 Å². The van der Waals surface area contributed by atoms with Crippen molar-refractivity contribution in [2.45, 2.75) is 6.42 Å². The molecule has 0 spiro atoms. The van der Waals surface area contributed by atoms with Crippen LogP contribution in [0.15, 0.2) is 16.6 Å². The van der Waals surface area contributed by atoms with E-state index in [1.165, 1.54) is 19.2 Å². The lowest BCUT2D eigenvalue weighted by atomic mass is 10.1. The van der Waals surface area contributed by atoms with Gasteiger partial charge in [-0.05, 0) is 34.6 Å². The lowest BCUT2D eigenvalue weighted by Gasteiger charge is -2.07. The Labute approximate surface area is 95.5 Å². The van der Waals surface area contributed by atoms with E-state index in [1.807, 2.05) is 0 Å². The van der Waals surface area contributed by atoms with Gasteiger partial charge >= 0.3 is 0 Å². The first-order valence-corrected chi connectivity index (χ1v) is 5.15. The van der Waals surface area contributed by atoms with Crippen LogP contribution in [0, 0.1) is 5.82 Å². The normalized spacial score (nSPS) is 10.1. The molecule has 0 aliphatic rings. The molecule has 0 radical (unpaired) electrons. The van der Waals surface area contributed by atoms with Crippen molar-refractivity contribution >= 4 is 21.7 Å². The summed E-state index contributed by atoms with van der Waals surface area (Å²) in [4.78, 5) is 11.5. The SMILES string of the molecule is COc1cc(C(=O)CCN)c(F)cc1Br. The van der Waals surface area contributed by atoms with Gasteiger partial charge in [-0.15, -0.1) is 0 Å². The van der Waals surface area contributed by atoms with E-state index in [0.29, 0.717) is 10.2 Å². The number of nitrogens with two attached hydrogens (primary N) is 1. The molecular formula is C10H11BrFNO2.